The molecule has 3 unspecified atom stereocenters. The summed E-state index contributed by atoms with van der Waals surface area (Å²) in [5.74, 6) is 0.386. The number of rotatable bonds is 1. The first-order valence-electron chi connectivity index (χ1n) is 6.34. The molecule has 2 aliphatic rings. The summed E-state index contributed by atoms with van der Waals surface area (Å²) in [4.78, 5) is 16.7. The molecule has 0 aromatic carbocycles. The molecule has 2 N–H and O–H groups in total. The number of halogens is 2. The number of carbonyl (C=O) groups is 1. The standard InChI is InChI=1S/C12H23N3O.2ClH/c1-9-8-14(2)6-7-15(9)12(16)10-4-3-5-11(10)13;;/h9-11H,3-8,13H2,1-2H3;2*1H. The zero-order valence-corrected chi connectivity index (χ0v) is 12.8. The number of hydrogen-bond donors (Lipinski definition) is 1. The van der Waals surface area contributed by atoms with Crippen molar-refractivity contribution in [1.82, 2.24) is 9.80 Å². The van der Waals surface area contributed by atoms with Crippen molar-refractivity contribution >= 4 is 30.7 Å². The summed E-state index contributed by atoms with van der Waals surface area (Å²) >= 11 is 0. The molecule has 0 spiro atoms. The average molecular weight is 298 g/mol. The van der Waals surface area contributed by atoms with E-state index in [1.165, 1.54) is 0 Å². The van der Waals surface area contributed by atoms with Gasteiger partial charge in [-0.2, -0.15) is 0 Å². The Kier molecular flexibility index (Phi) is 7.52. The highest BCUT2D eigenvalue weighted by atomic mass is 35.5. The van der Waals surface area contributed by atoms with Gasteiger partial charge >= 0.3 is 0 Å². The van der Waals surface area contributed by atoms with Crippen LogP contribution in [0.1, 0.15) is 26.2 Å². The Morgan fingerprint density at radius 1 is 1.22 bits per heavy atom. The molecule has 2 rings (SSSR count). The van der Waals surface area contributed by atoms with Gasteiger partial charge in [-0.25, -0.2) is 0 Å². The van der Waals surface area contributed by atoms with Crippen LogP contribution in [0.2, 0.25) is 0 Å². The van der Waals surface area contributed by atoms with Crippen molar-refractivity contribution in [3.63, 3.8) is 0 Å². The van der Waals surface area contributed by atoms with E-state index in [0.717, 1.165) is 38.9 Å². The molecule has 6 heteroatoms. The van der Waals surface area contributed by atoms with Crippen molar-refractivity contribution in [3.8, 4) is 0 Å². The first kappa shape index (κ1) is 18.0. The van der Waals surface area contributed by atoms with Gasteiger partial charge in [0.1, 0.15) is 0 Å². The first-order valence-corrected chi connectivity index (χ1v) is 6.34. The second kappa shape index (κ2) is 7.53. The van der Waals surface area contributed by atoms with Gasteiger partial charge in [-0.1, -0.05) is 6.42 Å². The van der Waals surface area contributed by atoms with Gasteiger partial charge in [0.25, 0.3) is 0 Å². The molecular weight excluding hydrogens is 273 g/mol. The Labute approximate surface area is 122 Å². The van der Waals surface area contributed by atoms with E-state index in [4.69, 9.17) is 5.73 Å². The van der Waals surface area contributed by atoms with E-state index < -0.39 is 0 Å². The Hall–Kier alpha value is -0.0300. The molecule has 108 valence electrons. The molecule has 1 saturated heterocycles. The minimum atomic E-state index is 0. The fraction of sp³-hybridized carbons (Fsp3) is 0.917. The predicted molar refractivity (Wildman–Crippen MR) is 78.5 cm³/mol. The van der Waals surface area contributed by atoms with E-state index in [2.05, 4.69) is 18.9 Å². The molecule has 2 fully saturated rings. The monoisotopic (exact) mass is 297 g/mol. The number of amides is 1. The van der Waals surface area contributed by atoms with Crippen LogP contribution in [0.4, 0.5) is 0 Å². The molecule has 1 saturated carbocycles. The van der Waals surface area contributed by atoms with Crippen molar-refractivity contribution in [2.45, 2.75) is 38.3 Å². The van der Waals surface area contributed by atoms with E-state index in [1.807, 2.05) is 4.90 Å². The summed E-state index contributed by atoms with van der Waals surface area (Å²) in [5.41, 5.74) is 6.00. The maximum absolute atomic E-state index is 12.4. The van der Waals surface area contributed by atoms with Crippen molar-refractivity contribution in [3.05, 3.63) is 0 Å². The molecule has 0 bridgehead atoms. The highest BCUT2D eigenvalue weighted by Crippen LogP contribution is 2.27. The molecule has 4 nitrogen and oxygen atoms in total. The summed E-state index contributed by atoms with van der Waals surface area (Å²) in [5, 5.41) is 0. The number of likely N-dealkylation sites (N-methyl/N-ethyl adjacent to an activating group) is 1. The number of piperazine rings is 1. The maximum atomic E-state index is 12.4. The first-order chi connectivity index (χ1) is 7.59. The molecular formula is C12H25Cl2N3O. The van der Waals surface area contributed by atoms with E-state index in [-0.39, 0.29) is 36.8 Å². The quantitative estimate of drug-likeness (QED) is 0.789. The highest BCUT2D eigenvalue weighted by Gasteiger charge is 2.36. The number of carbonyl (C=O) groups excluding carboxylic acids is 1. The lowest BCUT2D eigenvalue weighted by Crippen LogP contribution is -2.55. The third-order valence-corrected chi connectivity index (χ3v) is 4.00. The minimum absolute atomic E-state index is 0. The summed E-state index contributed by atoms with van der Waals surface area (Å²) in [6.45, 7) is 4.96. The predicted octanol–water partition coefficient (Wildman–Crippen LogP) is 1.12. The number of nitrogens with zero attached hydrogens (tertiary/aromatic N) is 2. The van der Waals surface area contributed by atoms with Gasteiger partial charge < -0.3 is 15.5 Å². The van der Waals surface area contributed by atoms with Crippen molar-refractivity contribution in [2.75, 3.05) is 26.7 Å². The van der Waals surface area contributed by atoms with E-state index >= 15 is 0 Å². The summed E-state index contributed by atoms with van der Waals surface area (Å²) < 4.78 is 0. The summed E-state index contributed by atoms with van der Waals surface area (Å²) in [6.07, 6.45) is 3.11. The van der Waals surface area contributed by atoms with Crippen LogP contribution in [0.15, 0.2) is 0 Å². The Morgan fingerprint density at radius 2 is 1.89 bits per heavy atom. The van der Waals surface area contributed by atoms with Crippen LogP contribution in [0.25, 0.3) is 0 Å². The fourth-order valence-corrected chi connectivity index (χ4v) is 2.98. The van der Waals surface area contributed by atoms with Crippen LogP contribution in [0.5, 0.6) is 0 Å². The van der Waals surface area contributed by atoms with Crippen molar-refractivity contribution in [2.24, 2.45) is 11.7 Å². The van der Waals surface area contributed by atoms with Gasteiger partial charge in [-0.05, 0) is 26.8 Å². The van der Waals surface area contributed by atoms with Gasteiger partial charge in [0, 0.05) is 31.7 Å². The van der Waals surface area contributed by atoms with Gasteiger partial charge in [0.2, 0.25) is 5.91 Å². The van der Waals surface area contributed by atoms with E-state index in [9.17, 15) is 4.79 Å². The number of nitrogens with two attached hydrogens (primary N) is 1. The van der Waals surface area contributed by atoms with Crippen LogP contribution < -0.4 is 5.73 Å². The third kappa shape index (κ3) is 3.73. The normalized spacial score (nSPS) is 32.6. The van der Waals surface area contributed by atoms with Gasteiger partial charge in [0.05, 0.1) is 5.92 Å². The van der Waals surface area contributed by atoms with E-state index in [1.54, 1.807) is 0 Å². The van der Waals surface area contributed by atoms with Crippen LogP contribution in [-0.2, 0) is 4.79 Å². The molecule has 0 radical (unpaired) electrons. The zero-order chi connectivity index (χ0) is 11.7. The Balaban J connectivity index is 0.00000144. The molecule has 1 aliphatic heterocycles. The van der Waals surface area contributed by atoms with E-state index in [0.29, 0.717) is 11.9 Å². The Morgan fingerprint density at radius 3 is 2.39 bits per heavy atom. The molecule has 0 aromatic rings. The third-order valence-electron chi connectivity index (χ3n) is 4.00. The lowest BCUT2D eigenvalue weighted by molar-refractivity contribution is -0.140. The average Bonchev–Trinajstić information content (AvgIpc) is 2.63. The van der Waals surface area contributed by atoms with Crippen LogP contribution in [0, 0.1) is 5.92 Å². The molecule has 18 heavy (non-hydrogen) atoms. The number of hydrogen-bond acceptors (Lipinski definition) is 3. The molecule has 1 aliphatic carbocycles. The van der Waals surface area contributed by atoms with Gasteiger partial charge in [-0.3, -0.25) is 4.79 Å². The largest absolute Gasteiger partial charge is 0.337 e. The van der Waals surface area contributed by atoms with Gasteiger partial charge in [-0.15, -0.1) is 24.8 Å². The smallest absolute Gasteiger partial charge is 0.227 e. The summed E-state index contributed by atoms with van der Waals surface area (Å²) in [7, 11) is 2.11. The second-order valence-corrected chi connectivity index (χ2v) is 5.34. The van der Waals surface area contributed by atoms with Crippen molar-refractivity contribution < 1.29 is 4.79 Å². The molecule has 1 amide bonds. The molecule has 1 heterocycles. The SMILES string of the molecule is CC1CN(C)CCN1C(=O)C1CCCC1N.Cl.Cl. The lowest BCUT2D eigenvalue weighted by atomic mass is 10.0. The van der Waals surface area contributed by atoms with Crippen molar-refractivity contribution in [1.29, 1.82) is 0 Å². The lowest BCUT2D eigenvalue weighted by Gasteiger charge is -2.40. The molecule has 3 atom stereocenters. The van der Waals surface area contributed by atoms with Crippen LogP contribution in [-0.4, -0.2) is 54.5 Å². The fourth-order valence-electron chi connectivity index (χ4n) is 2.98. The molecule has 0 aromatic heterocycles. The maximum Gasteiger partial charge on any atom is 0.227 e. The summed E-state index contributed by atoms with van der Waals surface area (Å²) in [6, 6.07) is 0.429. The topological polar surface area (TPSA) is 49.6 Å². The van der Waals surface area contributed by atoms with Crippen LogP contribution in [0.3, 0.4) is 0 Å². The second-order valence-electron chi connectivity index (χ2n) is 5.34. The Bertz CT molecular complexity index is 278. The zero-order valence-electron chi connectivity index (χ0n) is 11.2. The minimum Gasteiger partial charge on any atom is -0.337 e. The van der Waals surface area contributed by atoms with Gasteiger partial charge in [0.15, 0.2) is 0 Å². The highest BCUT2D eigenvalue weighted by molar-refractivity contribution is 5.85. The van der Waals surface area contributed by atoms with Crippen LogP contribution >= 0.6 is 24.8 Å².